The summed E-state index contributed by atoms with van der Waals surface area (Å²) in [6.45, 7) is 9.54. The van der Waals surface area contributed by atoms with Crippen LogP contribution < -0.4 is 5.32 Å². The SMILES string of the molecule is CCC[C@H](CC(=O)[C@@H]1[C@@H](CC2CC2)CCN1C(=O)[C@@H](CC(=O)[C@@H](NC(=O)c1cnccn1)C(C)C)C(C)C)C(=O)C(=O)C[C@@H](Cc1ccccc1)C(=O)O. The third kappa shape index (κ3) is 11.4. The van der Waals surface area contributed by atoms with E-state index in [-0.39, 0.29) is 66.6 Å². The van der Waals surface area contributed by atoms with Crippen LogP contribution in [0.25, 0.3) is 0 Å². The van der Waals surface area contributed by atoms with Crippen molar-refractivity contribution in [3.8, 4) is 0 Å². The molecule has 0 unspecified atom stereocenters. The van der Waals surface area contributed by atoms with Crippen LogP contribution in [0, 0.1) is 41.4 Å². The summed E-state index contributed by atoms with van der Waals surface area (Å²) in [5.41, 5.74) is 0.814. The molecule has 0 spiro atoms. The molecule has 2 amide bonds. The Kier molecular flexibility index (Phi) is 15.3. The zero-order chi connectivity index (χ0) is 39.5. The first-order valence-electron chi connectivity index (χ1n) is 19.5. The van der Waals surface area contributed by atoms with Crippen molar-refractivity contribution < 1.29 is 38.7 Å². The Labute approximate surface area is 318 Å². The number of carbonyl (C=O) groups excluding carboxylic acids is 6. The molecule has 2 aromatic rings. The van der Waals surface area contributed by atoms with E-state index in [2.05, 4.69) is 15.3 Å². The molecular formula is C42H56N4O8. The number of nitrogens with zero attached hydrogens (tertiary/aromatic N) is 3. The van der Waals surface area contributed by atoms with Crippen molar-refractivity contribution in [2.45, 2.75) is 111 Å². The molecule has 1 aliphatic heterocycles. The van der Waals surface area contributed by atoms with Crippen molar-refractivity contribution in [1.29, 1.82) is 0 Å². The molecule has 0 radical (unpaired) electrons. The number of rotatable bonds is 22. The number of ketones is 4. The van der Waals surface area contributed by atoms with Gasteiger partial charge in [-0.1, -0.05) is 84.2 Å². The summed E-state index contributed by atoms with van der Waals surface area (Å²) >= 11 is 0. The molecule has 12 heteroatoms. The molecule has 1 saturated carbocycles. The minimum absolute atomic E-state index is 0.0722. The van der Waals surface area contributed by atoms with E-state index in [1.165, 1.54) is 18.6 Å². The Bertz CT molecular complexity index is 1640. The molecule has 6 atom stereocenters. The Morgan fingerprint density at radius 3 is 2.17 bits per heavy atom. The number of aromatic nitrogens is 2. The van der Waals surface area contributed by atoms with Gasteiger partial charge in [0, 0.05) is 50.0 Å². The topological polar surface area (TPSA) is 181 Å². The van der Waals surface area contributed by atoms with Gasteiger partial charge in [-0.25, -0.2) is 4.98 Å². The lowest BCUT2D eigenvalue weighted by atomic mass is 9.82. The fraction of sp³-hybridized carbons (Fsp3) is 0.595. The number of carbonyl (C=O) groups is 7. The molecule has 2 aliphatic rings. The molecule has 0 bridgehead atoms. The van der Waals surface area contributed by atoms with Crippen molar-refractivity contribution in [2.75, 3.05) is 6.54 Å². The number of carboxylic acid groups (broad SMARTS) is 1. The van der Waals surface area contributed by atoms with Gasteiger partial charge < -0.3 is 15.3 Å². The second-order valence-electron chi connectivity index (χ2n) is 15.9. The Balaban J connectivity index is 1.50. The van der Waals surface area contributed by atoms with Gasteiger partial charge >= 0.3 is 5.97 Å². The number of nitrogens with one attached hydrogen (secondary N) is 1. The molecule has 2 fully saturated rings. The van der Waals surface area contributed by atoms with E-state index in [9.17, 15) is 38.7 Å². The zero-order valence-electron chi connectivity index (χ0n) is 32.2. The number of likely N-dealkylation sites (tertiary alicyclic amines) is 1. The van der Waals surface area contributed by atoms with Gasteiger partial charge in [-0.2, -0.15) is 0 Å². The zero-order valence-corrected chi connectivity index (χ0v) is 32.2. The van der Waals surface area contributed by atoms with Crippen LogP contribution in [0.4, 0.5) is 0 Å². The number of carboxylic acids is 1. The van der Waals surface area contributed by atoms with Gasteiger partial charge in [-0.15, -0.1) is 0 Å². The molecule has 1 aromatic carbocycles. The van der Waals surface area contributed by atoms with Gasteiger partial charge in [0.1, 0.15) is 5.69 Å². The normalized spacial score (nSPS) is 19.2. The van der Waals surface area contributed by atoms with Gasteiger partial charge in [0.05, 0.1) is 24.2 Å². The van der Waals surface area contributed by atoms with Gasteiger partial charge in [0.2, 0.25) is 11.7 Å². The third-order valence-electron chi connectivity index (χ3n) is 10.9. The summed E-state index contributed by atoms with van der Waals surface area (Å²) in [5, 5.41) is 12.6. The number of amides is 2. The van der Waals surface area contributed by atoms with Crippen LogP contribution in [-0.4, -0.2) is 79.5 Å². The molecule has 12 nitrogen and oxygen atoms in total. The first-order valence-corrected chi connectivity index (χ1v) is 19.5. The van der Waals surface area contributed by atoms with Gasteiger partial charge in [0.15, 0.2) is 17.3 Å². The van der Waals surface area contributed by atoms with Gasteiger partial charge in [-0.05, 0) is 54.9 Å². The van der Waals surface area contributed by atoms with E-state index < -0.39 is 59.7 Å². The number of hydrogen-bond acceptors (Lipinski definition) is 9. The summed E-state index contributed by atoms with van der Waals surface area (Å²) in [7, 11) is 0. The minimum atomic E-state index is -1.17. The van der Waals surface area contributed by atoms with Crippen molar-refractivity contribution in [2.24, 2.45) is 41.4 Å². The van der Waals surface area contributed by atoms with E-state index in [1.807, 2.05) is 40.7 Å². The fourth-order valence-electron chi connectivity index (χ4n) is 7.72. The highest BCUT2D eigenvalue weighted by atomic mass is 16.4. The lowest BCUT2D eigenvalue weighted by Crippen LogP contribution is -2.50. The van der Waals surface area contributed by atoms with Gasteiger partial charge in [0.25, 0.3) is 5.91 Å². The molecule has 2 heterocycles. The van der Waals surface area contributed by atoms with Crippen LogP contribution in [0.3, 0.4) is 0 Å². The van der Waals surface area contributed by atoms with Crippen LogP contribution in [0.1, 0.15) is 108 Å². The van der Waals surface area contributed by atoms with Crippen molar-refractivity contribution in [1.82, 2.24) is 20.2 Å². The molecule has 1 aromatic heterocycles. The van der Waals surface area contributed by atoms with Crippen LogP contribution in [-0.2, 0) is 35.2 Å². The molecule has 1 saturated heterocycles. The first-order chi connectivity index (χ1) is 25.7. The highest BCUT2D eigenvalue weighted by Gasteiger charge is 2.47. The van der Waals surface area contributed by atoms with E-state index >= 15 is 0 Å². The third-order valence-corrected chi connectivity index (χ3v) is 10.9. The molecule has 292 valence electrons. The highest BCUT2D eigenvalue weighted by molar-refractivity contribution is 6.38. The van der Waals surface area contributed by atoms with Gasteiger partial charge in [-0.3, -0.25) is 38.5 Å². The number of aliphatic carboxylic acids is 1. The second kappa shape index (κ2) is 19.6. The van der Waals surface area contributed by atoms with E-state index in [0.717, 1.165) is 24.8 Å². The maximum absolute atomic E-state index is 14.4. The largest absolute Gasteiger partial charge is 0.481 e. The van der Waals surface area contributed by atoms with Crippen molar-refractivity contribution >= 4 is 40.9 Å². The van der Waals surface area contributed by atoms with E-state index in [4.69, 9.17) is 0 Å². The molecule has 4 rings (SSSR count). The Hall–Kier alpha value is -4.61. The van der Waals surface area contributed by atoms with Crippen LogP contribution >= 0.6 is 0 Å². The highest BCUT2D eigenvalue weighted by Crippen LogP contribution is 2.42. The molecule has 2 N–H and O–H groups in total. The van der Waals surface area contributed by atoms with Crippen LogP contribution in [0.5, 0.6) is 0 Å². The van der Waals surface area contributed by atoms with Crippen molar-refractivity contribution in [3.05, 3.63) is 60.2 Å². The molecular weight excluding hydrogens is 688 g/mol. The summed E-state index contributed by atoms with van der Waals surface area (Å²) in [5.74, 6) is -7.08. The van der Waals surface area contributed by atoms with Crippen LogP contribution in [0.15, 0.2) is 48.9 Å². The second-order valence-corrected chi connectivity index (χ2v) is 15.9. The molecule has 54 heavy (non-hydrogen) atoms. The predicted octanol–water partition coefficient (Wildman–Crippen LogP) is 5.33. The summed E-state index contributed by atoms with van der Waals surface area (Å²) in [6.07, 6.45) is 7.75. The number of hydrogen-bond donors (Lipinski definition) is 2. The average molecular weight is 745 g/mol. The molecule has 1 aliphatic carbocycles. The fourth-order valence-corrected chi connectivity index (χ4v) is 7.72. The maximum Gasteiger partial charge on any atom is 0.307 e. The number of Topliss-reactive ketones (excluding diaryl/α,β-unsaturated/α-hetero) is 4. The standard InChI is InChI=1S/C42H56N4O8/c1-6-10-30(39(50)36(49)22-31(42(53)54)20-27-11-8-7-9-12-27)21-35(48)38-29(19-28-13-14-28)15-18-46(38)41(52)32(25(2)3)23-34(47)37(26(4)5)45-40(51)33-24-43-16-17-44-33/h7-9,11-12,16-17,24-26,28-32,37-38H,6,10,13-15,18-23H2,1-5H3,(H,45,51)(H,53,54)/t29-,30-,31-,32+,37+,38+/m1/s1. The van der Waals surface area contributed by atoms with E-state index in [0.29, 0.717) is 25.3 Å². The van der Waals surface area contributed by atoms with Crippen LogP contribution in [0.2, 0.25) is 0 Å². The summed E-state index contributed by atoms with van der Waals surface area (Å²) in [6, 6.07) is 7.25. The average Bonchev–Trinajstić information content (AvgIpc) is 3.87. The minimum Gasteiger partial charge on any atom is -0.481 e. The summed E-state index contributed by atoms with van der Waals surface area (Å²) < 4.78 is 0. The number of benzene rings is 1. The lowest BCUT2D eigenvalue weighted by Gasteiger charge is -2.33. The maximum atomic E-state index is 14.4. The predicted molar refractivity (Wildman–Crippen MR) is 201 cm³/mol. The smallest absolute Gasteiger partial charge is 0.307 e. The quantitative estimate of drug-likeness (QED) is 0.150. The Morgan fingerprint density at radius 2 is 1.59 bits per heavy atom. The van der Waals surface area contributed by atoms with Crippen molar-refractivity contribution in [3.63, 3.8) is 0 Å². The summed E-state index contributed by atoms with van der Waals surface area (Å²) in [4.78, 5) is 104. The first kappa shape index (κ1) is 42.1. The monoisotopic (exact) mass is 744 g/mol. The Morgan fingerprint density at radius 1 is 0.889 bits per heavy atom. The lowest BCUT2D eigenvalue weighted by molar-refractivity contribution is -0.147. The van der Waals surface area contributed by atoms with E-state index in [1.54, 1.807) is 29.2 Å².